The van der Waals surface area contributed by atoms with Crippen molar-refractivity contribution in [1.29, 1.82) is 5.26 Å². The van der Waals surface area contributed by atoms with Gasteiger partial charge in [-0.05, 0) is 60.0 Å². The second-order valence-electron chi connectivity index (χ2n) is 8.44. The molecular weight excluding hydrogens is 498 g/mol. The number of nitro groups is 1. The maximum Gasteiger partial charge on any atom is 0.344 e. The summed E-state index contributed by atoms with van der Waals surface area (Å²) >= 11 is 0. The number of amides is 1. The third kappa shape index (κ3) is 6.09. The number of anilines is 1. The Morgan fingerprint density at radius 3 is 2.54 bits per heavy atom. The first-order valence-corrected chi connectivity index (χ1v) is 12.0. The summed E-state index contributed by atoms with van der Waals surface area (Å²) in [5.74, 6) is -0.847. The van der Waals surface area contributed by atoms with E-state index in [2.05, 4.69) is 5.32 Å². The molecule has 4 rings (SSSR count). The highest BCUT2D eigenvalue weighted by molar-refractivity contribution is 6.10. The maximum absolute atomic E-state index is 13.0. The number of nitriles is 1. The second kappa shape index (κ2) is 11.7. The van der Waals surface area contributed by atoms with E-state index in [1.165, 1.54) is 30.3 Å². The number of rotatable bonds is 8. The fourth-order valence-corrected chi connectivity index (χ4v) is 3.89. The Morgan fingerprint density at radius 2 is 1.79 bits per heavy atom. The van der Waals surface area contributed by atoms with Crippen molar-refractivity contribution in [1.82, 2.24) is 0 Å². The lowest BCUT2D eigenvalue weighted by atomic mass is 10.0. The first-order chi connectivity index (χ1) is 18.8. The lowest BCUT2D eigenvalue weighted by Crippen LogP contribution is -2.14. The molecule has 0 radical (unpaired) electrons. The average molecular weight is 522 g/mol. The lowest BCUT2D eigenvalue weighted by Gasteiger charge is -2.13. The van der Waals surface area contributed by atoms with Crippen molar-refractivity contribution in [2.24, 2.45) is 0 Å². The number of carbonyl (C=O) groups is 2. The first kappa shape index (κ1) is 26.6. The Hall–Kier alpha value is -5.49. The Balaban J connectivity index is 1.59. The van der Waals surface area contributed by atoms with Gasteiger partial charge in [0.2, 0.25) is 0 Å². The summed E-state index contributed by atoms with van der Waals surface area (Å²) in [5, 5.41) is 24.9. The number of hydrogen-bond acceptors (Lipinski definition) is 7. The smallest absolute Gasteiger partial charge is 0.344 e. The minimum absolute atomic E-state index is 0.183. The number of hydrogen-bond donors (Lipinski definition) is 1. The standard InChI is InChI=1S/C30H23N3O6/c1-3-38-28-16-20(15-22(18-31)29(34)32-26-17-23(33(36)37)13-11-19(26)2)12-14-27(28)39-30(35)25-10-6-8-21-7-4-5-9-24(21)25/h4-17H,3H2,1-2H3,(H,32,34)/b22-15+. The molecule has 194 valence electrons. The van der Waals surface area contributed by atoms with Gasteiger partial charge in [-0.3, -0.25) is 14.9 Å². The molecule has 0 aromatic heterocycles. The largest absolute Gasteiger partial charge is 0.490 e. The van der Waals surface area contributed by atoms with Gasteiger partial charge in [-0.15, -0.1) is 0 Å². The molecule has 0 fully saturated rings. The zero-order chi connectivity index (χ0) is 27.9. The quantitative estimate of drug-likeness (QED) is 0.0727. The van der Waals surface area contributed by atoms with Gasteiger partial charge in [0.15, 0.2) is 11.5 Å². The predicted octanol–water partition coefficient (Wildman–Crippen LogP) is 6.22. The molecule has 0 atom stereocenters. The van der Waals surface area contributed by atoms with E-state index < -0.39 is 16.8 Å². The molecular formula is C30H23N3O6. The molecule has 0 spiro atoms. The van der Waals surface area contributed by atoms with E-state index in [0.717, 1.165) is 10.8 Å². The number of aryl methyl sites for hydroxylation is 1. The molecule has 9 nitrogen and oxygen atoms in total. The molecule has 0 unspecified atom stereocenters. The summed E-state index contributed by atoms with van der Waals surface area (Å²) in [7, 11) is 0. The fourth-order valence-electron chi connectivity index (χ4n) is 3.89. The van der Waals surface area contributed by atoms with Crippen molar-refractivity contribution in [2.45, 2.75) is 13.8 Å². The van der Waals surface area contributed by atoms with Crippen LogP contribution in [0.15, 0.2) is 84.4 Å². The van der Waals surface area contributed by atoms with Gasteiger partial charge in [0.25, 0.3) is 11.6 Å². The second-order valence-corrected chi connectivity index (χ2v) is 8.44. The van der Waals surface area contributed by atoms with Crippen LogP contribution in [0.2, 0.25) is 0 Å². The average Bonchev–Trinajstić information content (AvgIpc) is 2.93. The minimum atomic E-state index is -0.731. The topological polar surface area (TPSA) is 132 Å². The number of non-ortho nitro benzene ring substituents is 1. The number of nitro benzene ring substituents is 1. The summed E-state index contributed by atoms with van der Waals surface area (Å²) < 4.78 is 11.3. The van der Waals surface area contributed by atoms with Gasteiger partial charge in [-0.25, -0.2) is 4.79 Å². The van der Waals surface area contributed by atoms with Gasteiger partial charge in [0.1, 0.15) is 11.6 Å². The third-order valence-electron chi connectivity index (χ3n) is 5.84. The van der Waals surface area contributed by atoms with E-state index in [-0.39, 0.29) is 35.1 Å². The van der Waals surface area contributed by atoms with Crippen molar-refractivity contribution in [3.63, 3.8) is 0 Å². The van der Waals surface area contributed by atoms with Crippen LogP contribution in [-0.2, 0) is 4.79 Å². The summed E-state index contributed by atoms with van der Waals surface area (Å²) in [6.07, 6.45) is 1.35. The molecule has 9 heteroatoms. The van der Waals surface area contributed by atoms with Gasteiger partial charge in [-0.2, -0.15) is 5.26 Å². The summed E-state index contributed by atoms with van der Waals surface area (Å²) in [6.45, 7) is 3.74. The van der Waals surface area contributed by atoms with Crippen molar-refractivity contribution in [2.75, 3.05) is 11.9 Å². The van der Waals surface area contributed by atoms with Crippen LogP contribution in [0.5, 0.6) is 11.5 Å². The number of nitrogens with one attached hydrogen (secondary N) is 1. The first-order valence-electron chi connectivity index (χ1n) is 12.0. The van der Waals surface area contributed by atoms with E-state index in [4.69, 9.17) is 9.47 Å². The van der Waals surface area contributed by atoms with Crippen molar-refractivity contribution in [3.8, 4) is 17.6 Å². The Morgan fingerprint density at radius 1 is 1.03 bits per heavy atom. The van der Waals surface area contributed by atoms with Gasteiger partial charge < -0.3 is 14.8 Å². The Kier molecular flexibility index (Phi) is 7.98. The van der Waals surface area contributed by atoms with Gasteiger partial charge in [0.05, 0.1) is 22.8 Å². The van der Waals surface area contributed by atoms with Crippen LogP contribution in [-0.4, -0.2) is 23.4 Å². The Bertz CT molecular complexity index is 1660. The number of benzene rings is 4. The SMILES string of the molecule is CCOc1cc(/C=C(\C#N)C(=O)Nc2cc([N+](=O)[O-])ccc2C)ccc1OC(=O)c1cccc2ccccc12. The zero-order valence-electron chi connectivity index (χ0n) is 21.1. The van der Waals surface area contributed by atoms with Crippen molar-refractivity contribution >= 4 is 40.1 Å². The molecule has 1 N–H and O–H groups in total. The van der Waals surface area contributed by atoms with E-state index in [1.807, 2.05) is 36.4 Å². The summed E-state index contributed by atoms with van der Waals surface area (Å²) in [5.41, 5.74) is 1.26. The van der Waals surface area contributed by atoms with Crippen molar-refractivity contribution in [3.05, 3.63) is 111 Å². The van der Waals surface area contributed by atoms with Gasteiger partial charge in [0, 0.05) is 12.1 Å². The fraction of sp³-hybridized carbons (Fsp3) is 0.100. The van der Waals surface area contributed by atoms with Crippen LogP contribution in [0, 0.1) is 28.4 Å². The molecule has 0 bridgehead atoms. The Labute approximate surface area is 224 Å². The van der Waals surface area contributed by atoms with Gasteiger partial charge in [-0.1, -0.05) is 48.5 Å². The molecule has 0 saturated carbocycles. The molecule has 4 aromatic carbocycles. The molecule has 0 heterocycles. The van der Waals surface area contributed by atoms with Crippen LogP contribution in [0.3, 0.4) is 0 Å². The molecule has 1 amide bonds. The lowest BCUT2D eigenvalue weighted by molar-refractivity contribution is -0.384. The van der Waals surface area contributed by atoms with E-state index in [9.17, 15) is 25.0 Å². The van der Waals surface area contributed by atoms with Crippen LogP contribution in [0.4, 0.5) is 11.4 Å². The molecule has 39 heavy (non-hydrogen) atoms. The normalized spacial score (nSPS) is 10.9. The highest BCUT2D eigenvalue weighted by atomic mass is 16.6. The molecule has 0 aliphatic rings. The van der Waals surface area contributed by atoms with Crippen LogP contribution >= 0.6 is 0 Å². The summed E-state index contributed by atoms with van der Waals surface area (Å²) in [6, 6.07) is 23.4. The predicted molar refractivity (Wildman–Crippen MR) is 147 cm³/mol. The zero-order valence-corrected chi connectivity index (χ0v) is 21.1. The summed E-state index contributed by atoms with van der Waals surface area (Å²) in [4.78, 5) is 36.3. The number of carbonyl (C=O) groups excluding carboxylic acids is 2. The molecule has 0 aliphatic heterocycles. The van der Waals surface area contributed by atoms with Gasteiger partial charge >= 0.3 is 5.97 Å². The number of fused-ring (bicyclic) bond motifs is 1. The molecule has 0 aliphatic carbocycles. The van der Waals surface area contributed by atoms with Crippen molar-refractivity contribution < 1.29 is 24.0 Å². The molecule has 4 aromatic rings. The van der Waals surface area contributed by atoms with E-state index in [0.29, 0.717) is 16.7 Å². The number of ether oxygens (including phenoxy) is 2. The van der Waals surface area contributed by atoms with Crippen LogP contribution in [0.1, 0.15) is 28.4 Å². The number of esters is 1. The molecule has 0 saturated heterocycles. The maximum atomic E-state index is 13.0. The van der Waals surface area contributed by atoms with E-state index >= 15 is 0 Å². The van der Waals surface area contributed by atoms with Crippen LogP contribution < -0.4 is 14.8 Å². The highest BCUT2D eigenvalue weighted by Crippen LogP contribution is 2.31. The minimum Gasteiger partial charge on any atom is -0.490 e. The monoisotopic (exact) mass is 521 g/mol. The van der Waals surface area contributed by atoms with Crippen LogP contribution in [0.25, 0.3) is 16.8 Å². The number of nitrogens with zero attached hydrogens (tertiary/aromatic N) is 2. The third-order valence-corrected chi connectivity index (χ3v) is 5.84. The highest BCUT2D eigenvalue weighted by Gasteiger charge is 2.17. The van der Waals surface area contributed by atoms with E-state index in [1.54, 1.807) is 38.1 Å².